The van der Waals surface area contributed by atoms with E-state index in [4.69, 9.17) is 4.74 Å². The monoisotopic (exact) mass is 339 g/mol. The molecule has 2 N–H and O–H groups in total. The van der Waals surface area contributed by atoms with Crippen molar-refractivity contribution in [1.82, 2.24) is 0 Å². The average molecular weight is 339 g/mol. The zero-order chi connectivity index (χ0) is 18.4. The van der Waals surface area contributed by atoms with Crippen molar-refractivity contribution in [2.24, 2.45) is 0 Å². The van der Waals surface area contributed by atoms with Gasteiger partial charge >= 0.3 is 5.69 Å². The van der Waals surface area contributed by atoms with Gasteiger partial charge in [-0.25, -0.2) is 0 Å². The Balaban J connectivity index is 2.39. The summed E-state index contributed by atoms with van der Waals surface area (Å²) in [7, 11) is 1.24. The number of carbonyl (C=O) groups excluding carboxylic acids is 1. The topological polar surface area (TPSA) is 125 Å². The number of ether oxygens (including phenoxy) is 1. The van der Waals surface area contributed by atoms with Gasteiger partial charge in [-0.15, -0.1) is 0 Å². The first kappa shape index (κ1) is 17.5. The van der Waals surface area contributed by atoms with Crippen LogP contribution in [-0.2, 0) is 4.79 Å². The number of nitro groups is 1. The normalized spacial score (nSPS) is 10.6. The molecule has 0 unspecified atom stereocenters. The van der Waals surface area contributed by atoms with Crippen molar-refractivity contribution in [3.05, 3.63) is 63.7 Å². The minimum Gasteiger partial charge on any atom is -0.500 e. The molecule has 0 aliphatic heterocycles. The van der Waals surface area contributed by atoms with Crippen LogP contribution in [-0.4, -0.2) is 23.0 Å². The van der Waals surface area contributed by atoms with Crippen LogP contribution >= 0.6 is 0 Å². The fourth-order valence-corrected chi connectivity index (χ4v) is 2.03. The number of nitriles is 1. The summed E-state index contributed by atoms with van der Waals surface area (Å²) in [6, 6.07) is 12.6. The van der Waals surface area contributed by atoms with E-state index < -0.39 is 22.3 Å². The van der Waals surface area contributed by atoms with Gasteiger partial charge < -0.3 is 15.2 Å². The molecule has 8 nitrogen and oxygen atoms in total. The molecule has 0 aliphatic carbocycles. The summed E-state index contributed by atoms with van der Waals surface area (Å²) in [5.41, 5.74) is -0.179. The Kier molecular flexibility index (Phi) is 5.32. The minimum atomic E-state index is -0.786. The van der Waals surface area contributed by atoms with Crippen molar-refractivity contribution in [2.45, 2.75) is 0 Å². The molecule has 0 aliphatic rings. The van der Waals surface area contributed by atoms with Crippen molar-refractivity contribution in [3.63, 3.8) is 0 Å². The van der Waals surface area contributed by atoms with Crippen molar-refractivity contribution in [1.29, 1.82) is 5.26 Å². The van der Waals surface area contributed by atoms with E-state index in [1.807, 2.05) is 0 Å². The van der Waals surface area contributed by atoms with Gasteiger partial charge in [-0.2, -0.15) is 5.26 Å². The molecule has 0 saturated heterocycles. The standard InChI is InChI=1S/C17H13N3O5/c1-25-15-9-11(8-14(16(15)21)20(23)24)7-12(10-18)17(22)19-13-5-3-2-4-6-13/h2-9,21H,1H3,(H,19,22)/b12-7+. The summed E-state index contributed by atoms with van der Waals surface area (Å²) in [4.78, 5) is 22.4. The molecule has 2 aromatic carbocycles. The first-order valence-corrected chi connectivity index (χ1v) is 7.00. The third kappa shape index (κ3) is 4.11. The van der Waals surface area contributed by atoms with E-state index in [9.17, 15) is 25.3 Å². The highest BCUT2D eigenvalue weighted by atomic mass is 16.6. The first-order chi connectivity index (χ1) is 12.0. The van der Waals surface area contributed by atoms with Gasteiger partial charge in [0.15, 0.2) is 5.75 Å². The van der Waals surface area contributed by atoms with Crippen LogP contribution < -0.4 is 10.1 Å². The molecule has 8 heteroatoms. The van der Waals surface area contributed by atoms with Gasteiger partial charge in [-0.05, 0) is 29.8 Å². The van der Waals surface area contributed by atoms with Crippen molar-refractivity contribution >= 4 is 23.4 Å². The Labute approximate surface area is 142 Å². The summed E-state index contributed by atoms with van der Waals surface area (Å²) in [6.45, 7) is 0. The Morgan fingerprint density at radius 1 is 1.36 bits per heavy atom. The number of aromatic hydroxyl groups is 1. The third-order valence-electron chi connectivity index (χ3n) is 3.20. The Bertz CT molecular complexity index is 885. The largest absolute Gasteiger partial charge is 0.500 e. The predicted octanol–water partition coefficient (Wildman–Crippen LogP) is 2.85. The van der Waals surface area contributed by atoms with E-state index in [0.29, 0.717) is 5.69 Å². The zero-order valence-electron chi connectivity index (χ0n) is 13.1. The number of hydrogen-bond donors (Lipinski definition) is 2. The van der Waals surface area contributed by atoms with E-state index in [-0.39, 0.29) is 16.9 Å². The highest BCUT2D eigenvalue weighted by molar-refractivity contribution is 6.09. The van der Waals surface area contributed by atoms with Crippen LogP contribution in [0.1, 0.15) is 5.56 Å². The highest BCUT2D eigenvalue weighted by Gasteiger charge is 2.20. The number of rotatable bonds is 5. The van der Waals surface area contributed by atoms with Crippen LogP contribution in [0.3, 0.4) is 0 Å². The molecule has 0 atom stereocenters. The van der Waals surface area contributed by atoms with Gasteiger partial charge in [-0.3, -0.25) is 14.9 Å². The second-order valence-corrected chi connectivity index (χ2v) is 4.84. The van der Waals surface area contributed by atoms with E-state index in [2.05, 4.69) is 5.32 Å². The third-order valence-corrected chi connectivity index (χ3v) is 3.20. The Morgan fingerprint density at radius 3 is 2.60 bits per heavy atom. The fourth-order valence-electron chi connectivity index (χ4n) is 2.03. The Hall–Kier alpha value is -3.86. The molecular weight excluding hydrogens is 326 g/mol. The molecule has 0 radical (unpaired) electrons. The molecule has 1 amide bonds. The van der Waals surface area contributed by atoms with E-state index in [0.717, 1.165) is 6.07 Å². The number of carbonyl (C=O) groups is 1. The van der Waals surface area contributed by atoms with Crippen molar-refractivity contribution < 1.29 is 19.6 Å². The summed E-state index contributed by atoms with van der Waals surface area (Å²) >= 11 is 0. The molecule has 0 fully saturated rings. The maximum atomic E-state index is 12.2. The summed E-state index contributed by atoms with van der Waals surface area (Å²) in [5, 5.41) is 32.5. The lowest BCUT2D eigenvalue weighted by Crippen LogP contribution is -2.13. The number of methoxy groups -OCH3 is 1. The summed E-state index contributed by atoms with van der Waals surface area (Å²) in [6.07, 6.45) is 1.17. The maximum absolute atomic E-state index is 12.2. The van der Waals surface area contributed by atoms with Gasteiger partial charge in [0.25, 0.3) is 5.91 Å². The number of phenolic OH excluding ortho intramolecular Hbond substituents is 1. The average Bonchev–Trinajstić information content (AvgIpc) is 2.61. The van der Waals surface area contributed by atoms with Crippen LogP contribution in [0, 0.1) is 21.4 Å². The summed E-state index contributed by atoms with van der Waals surface area (Å²) in [5.74, 6) is -1.43. The molecule has 0 spiro atoms. The molecule has 2 aromatic rings. The number of para-hydroxylation sites is 1. The molecule has 0 heterocycles. The molecule has 2 rings (SSSR count). The van der Waals surface area contributed by atoms with Crippen LogP contribution in [0.4, 0.5) is 11.4 Å². The lowest BCUT2D eigenvalue weighted by Gasteiger charge is -2.06. The van der Waals surface area contributed by atoms with Gasteiger partial charge in [0.1, 0.15) is 11.6 Å². The number of hydrogen-bond acceptors (Lipinski definition) is 6. The number of nitro benzene ring substituents is 1. The van der Waals surface area contributed by atoms with Crippen LogP contribution in [0.25, 0.3) is 6.08 Å². The first-order valence-electron chi connectivity index (χ1n) is 7.00. The molecular formula is C17H13N3O5. The van der Waals surface area contributed by atoms with E-state index in [1.54, 1.807) is 36.4 Å². The molecule has 0 saturated carbocycles. The van der Waals surface area contributed by atoms with Gasteiger partial charge in [-0.1, -0.05) is 18.2 Å². The van der Waals surface area contributed by atoms with Crippen LogP contribution in [0.2, 0.25) is 0 Å². The van der Waals surface area contributed by atoms with Gasteiger partial charge in [0, 0.05) is 11.8 Å². The van der Waals surface area contributed by atoms with Crippen LogP contribution in [0.5, 0.6) is 11.5 Å². The number of nitrogens with zero attached hydrogens (tertiary/aromatic N) is 2. The SMILES string of the molecule is COc1cc(/C=C(\C#N)C(=O)Nc2ccccc2)cc([N+](=O)[O-])c1O. The zero-order valence-corrected chi connectivity index (χ0v) is 13.1. The minimum absolute atomic E-state index is 0.138. The molecule has 0 bridgehead atoms. The predicted molar refractivity (Wildman–Crippen MR) is 90.0 cm³/mol. The van der Waals surface area contributed by atoms with E-state index >= 15 is 0 Å². The second kappa shape index (κ2) is 7.61. The van der Waals surface area contributed by atoms with Crippen molar-refractivity contribution in [2.75, 3.05) is 12.4 Å². The molecule has 25 heavy (non-hydrogen) atoms. The molecule has 126 valence electrons. The number of phenols is 1. The van der Waals surface area contributed by atoms with Crippen LogP contribution in [0.15, 0.2) is 48.0 Å². The number of amides is 1. The fraction of sp³-hybridized carbons (Fsp3) is 0.0588. The van der Waals surface area contributed by atoms with E-state index in [1.165, 1.54) is 19.3 Å². The number of benzene rings is 2. The highest BCUT2D eigenvalue weighted by Crippen LogP contribution is 2.37. The molecule has 0 aromatic heterocycles. The number of nitrogens with one attached hydrogen (secondary N) is 1. The summed E-state index contributed by atoms with van der Waals surface area (Å²) < 4.78 is 4.88. The lowest BCUT2D eigenvalue weighted by atomic mass is 10.1. The van der Waals surface area contributed by atoms with Gasteiger partial charge in [0.2, 0.25) is 5.75 Å². The van der Waals surface area contributed by atoms with Crippen molar-refractivity contribution in [3.8, 4) is 17.6 Å². The second-order valence-electron chi connectivity index (χ2n) is 4.84. The lowest BCUT2D eigenvalue weighted by molar-refractivity contribution is -0.386. The van der Waals surface area contributed by atoms with Gasteiger partial charge in [0.05, 0.1) is 12.0 Å². The number of anilines is 1. The smallest absolute Gasteiger partial charge is 0.315 e. The quantitative estimate of drug-likeness (QED) is 0.373. The Morgan fingerprint density at radius 2 is 2.04 bits per heavy atom. The maximum Gasteiger partial charge on any atom is 0.315 e.